The maximum absolute atomic E-state index is 9.17. The standard InChI is InChI=1S/C7H16O2S/c1-3-9-6-7(8)4-5-10-2/h7-8H,3-6H2,1-2H3. The summed E-state index contributed by atoms with van der Waals surface area (Å²) in [4.78, 5) is 0. The van der Waals surface area contributed by atoms with E-state index in [0.29, 0.717) is 13.2 Å². The molecule has 10 heavy (non-hydrogen) atoms. The maximum atomic E-state index is 9.17. The van der Waals surface area contributed by atoms with E-state index in [-0.39, 0.29) is 6.10 Å². The Balaban J connectivity index is 3.00. The van der Waals surface area contributed by atoms with E-state index in [1.165, 1.54) is 0 Å². The van der Waals surface area contributed by atoms with Gasteiger partial charge in [0, 0.05) is 6.61 Å². The smallest absolute Gasteiger partial charge is 0.0781 e. The van der Waals surface area contributed by atoms with Crippen LogP contribution in [0, 0.1) is 0 Å². The van der Waals surface area contributed by atoms with Crippen LogP contribution in [0.5, 0.6) is 0 Å². The minimum atomic E-state index is -0.271. The van der Waals surface area contributed by atoms with Crippen molar-refractivity contribution in [3.8, 4) is 0 Å². The molecule has 0 spiro atoms. The third-order valence-electron chi connectivity index (χ3n) is 1.17. The Hall–Kier alpha value is 0.270. The Morgan fingerprint density at radius 2 is 2.30 bits per heavy atom. The first-order valence-corrected chi connectivity index (χ1v) is 4.95. The van der Waals surface area contributed by atoms with E-state index in [0.717, 1.165) is 12.2 Å². The molecular weight excluding hydrogens is 148 g/mol. The van der Waals surface area contributed by atoms with E-state index in [4.69, 9.17) is 4.74 Å². The summed E-state index contributed by atoms with van der Waals surface area (Å²) in [6, 6.07) is 0. The SMILES string of the molecule is CCOCC(O)CCSC. The Morgan fingerprint density at radius 1 is 1.60 bits per heavy atom. The van der Waals surface area contributed by atoms with Crippen LogP contribution < -0.4 is 0 Å². The van der Waals surface area contributed by atoms with Crippen molar-refractivity contribution in [3.05, 3.63) is 0 Å². The Kier molecular flexibility index (Phi) is 7.58. The largest absolute Gasteiger partial charge is 0.391 e. The molecular formula is C7H16O2S. The fourth-order valence-corrected chi connectivity index (χ4v) is 1.10. The predicted octanol–water partition coefficient (Wildman–Crippen LogP) is 1.14. The number of hydrogen-bond acceptors (Lipinski definition) is 3. The van der Waals surface area contributed by atoms with Gasteiger partial charge in [-0.3, -0.25) is 0 Å². The topological polar surface area (TPSA) is 29.5 Å². The molecule has 1 atom stereocenters. The molecule has 0 saturated carbocycles. The lowest BCUT2D eigenvalue weighted by molar-refractivity contribution is 0.0415. The van der Waals surface area contributed by atoms with Crippen molar-refractivity contribution < 1.29 is 9.84 Å². The Morgan fingerprint density at radius 3 is 2.80 bits per heavy atom. The zero-order valence-corrected chi connectivity index (χ0v) is 7.49. The lowest BCUT2D eigenvalue weighted by Crippen LogP contribution is -2.15. The van der Waals surface area contributed by atoms with Crippen LogP contribution in [0.15, 0.2) is 0 Å². The summed E-state index contributed by atoms with van der Waals surface area (Å²) in [7, 11) is 0. The highest BCUT2D eigenvalue weighted by atomic mass is 32.2. The maximum Gasteiger partial charge on any atom is 0.0781 e. The first kappa shape index (κ1) is 10.3. The summed E-state index contributed by atoms with van der Waals surface area (Å²) in [6.07, 6.45) is 2.60. The van der Waals surface area contributed by atoms with E-state index in [1.807, 2.05) is 13.2 Å². The number of thioether (sulfide) groups is 1. The van der Waals surface area contributed by atoms with Crippen LogP contribution in [0.1, 0.15) is 13.3 Å². The molecule has 0 radical (unpaired) electrons. The highest BCUT2D eigenvalue weighted by molar-refractivity contribution is 7.98. The molecule has 0 heterocycles. The minimum absolute atomic E-state index is 0.271. The first-order valence-electron chi connectivity index (χ1n) is 3.56. The predicted molar refractivity (Wildman–Crippen MR) is 45.5 cm³/mol. The number of aliphatic hydroxyl groups is 1. The molecule has 0 aromatic carbocycles. The normalized spacial score (nSPS) is 13.5. The van der Waals surface area contributed by atoms with Crippen molar-refractivity contribution in [3.63, 3.8) is 0 Å². The molecule has 1 unspecified atom stereocenters. The van der Waals surface area contributed by atoms with Gasteiger partial charge < -0.3 is 9.84 Å². The zero-order chi connectivity index (χ0) is 7.82. The molecule has 0 bridgehead atoms. The van der Waals surface area contributed by atoms with Gasteiger partial charge in [0.1, 0.15) is 0 Å². The van der Waals surface area contributed by atoms with E-state index in [2.05, 4.69) is 0 Å². The van der Waals surface area contributed by atoms with E-state index in [1.54, 1.807) is 11.8 Å². The summed E-state index contributed by atoms with van der Waals surface area (Å²) in [5.74, 6) is 1.01. The molecule has 0 saturated heterocycles. The molecule has 0 aromatic rings. The Labute approximate surface area is 67.0 Å². The second-order valence-corrected chi connectivity index (χ2v) is 3.08. The monoisotopic (exact) mass is 164 g/mol. The summed E-state index contributed by atoms with van der Waals surface area (Å²) < 4.78 is 5.03. The van der Waals surface area contributed by atoms with Crippen LogP contribution in [0.4, 0.5) is 0 Å². The number of rotatable bonds is 6. The molecule has 3 heteroatoms. The van der Waals surface area contributed by atoms with Gasteiger partial charge in [-0.1, -0.05) is 0 Å². The fraction of sp³-hybridized carbons (Fsp3) is 1.00. The lowest BCUT2D eigenvalue weighted by atomic mass is 10.3. The molecule has 0 aliphatic heterocycles. The van der Waals surface area contributed by atoms with Gasteiger partial charge in [0.15, 0.2) is 0 Å². The van der Waals surface area contributed by atoms with Crippen molar-refractivity contribution in [2.24, 2.45) is 0 Å². The van der Waals surface area contributed by atoms with Gasteiger partial charge in [-0.05, 0) is 25.4 Å². The number of hydrogen-bond donors (Lipinski definition) is 1. The minimum Gasteiger partial charge on any atom is -0.391 e. The molecule has 62 valence electrons. The molecule has 0 amide bonds. The molecule has 0 aliphatic rings. The first-order chi connectivity index (χ1) is 4.81. The lowest BCUT2D eigenvalue weighted by Gasteiger charge is -2.08. The third-order valence-corrected chi connectivity index (χ3v) is 1.81. The summed E-state index contributed by atoms with van der Waals surface area (Å²) >= 11 is 1.75. The summed E-state index contributed by atoms with van der Waals surface area (Å²) in [6.45, 7) is 3.11. The molecule has 1 N–H and O–H groups in total. The number of ether oxygens (including phenoxy) is 1. The van der Waals surface area contributed by atoms with Crippen molar-refractivity contribution in [1.29, 1.82) is 0 Å². The van der Waals surface area contributed by atoms with Gasteiger partial charge in [-0.15, -0.1) is 0 Å². The number of aliphatic hydroxyl groups excluding tert-OH is 1. The van der Waals surface area contributed by atoms with E-state index >= 15 is 0 Å². The average Bonchev–Trinajstić information content (AvgIpc) is 1.97. The van der Waals surface area contributed by atoms with E-state index < -0.39 is 0 Å². The van der Waals surface area contributed by atoms with Crippen molar-refractivity contribution in [2.75, 3.05) is 25.2 Å². The Bertz CT molecular complexity index is 60.6. The van der Waals surface area contributed by atoms with Gasteiger partial charge in [-0.25, -0.2) is 0 Å². The third kappa shape index (κ3) is 6.39. The van der Waals surface area contributed by atoms with Crippen LogP contribution in [0.2, 0.25) is 0 Å². The highest BCUT2D eigenvalue weighted by Crippen LogP contribution is 2.00. The van der Waals surface area contributed by atoms with Crippen LogP contribution in [0.25, 0.3) is 0 Å². The van der Waals surface area contributed by atoms with Gasteiger partial charge >= 0.3 is 0 Å². The molecule has 2 nitrogen and oxygen atoms in total. The molecule has 0 aliphatic carbocycles. The summed E-state index contributed by atoms with van der Waals surface area (Å²) in [5, 5.41) is 9.17. The molecule has 0 fully saturated rings. The quantitative estimate of drug-likeness (QED) is 0.638. The van der Waals surface area contributed by atoms with Gasteiger partial charge in [-0.2, -0.15) is 11.8 Å². The average molecular weight is 164 g/mol. The molecule has 0 rings (SSSR count). The fourth-order valence-electron chi connectivity index (χ4n) is 0.591. The van der Waals surface area contributed by atoms with E-state index in [9.17, 15) is 5.11 Å². The highest BCUT2D eigenvalue weighted by Gasteiger charge is 2.01. The second-order valence-electron chi connectivity index (χ2n) is 2.09. The van der Waals surface area contributed by atoms with Crippen LogP contribution in [-0.2, 0) is 4.74 Å². The summed E-state index contributed by atoms with van der Waals surface area (Å²) in [5.41, 5.74) is 0. The van der Waals surface area contributed by atoms with Crippen LogP contribution in [-0.4, -0.2) is 36.4 Å². The van der Waals surface area contributed by atoms with Gasteiger partial charge in [0.2, 0.25) is 0 Å². The van der Waals surface area contributed by atoms with Crippen molar-refractivity contribution in [2.45, 2.75) is 19.4 Å². The second kappa shape index (κ2) is 7.38. The molecule has 0 aromatic heterocycles. The van der Waals surface area contributed by atoms with Crippen LogP contribution >= 0.6 is 11.8 Å². The van der Waals surface area contributed by atoms with Crippen LogP contribution in [0.3, 0.4) is 0 Å². The van der Waals surface area contributed by atoms with Crippen molar-refractivity contribution >= 4 is 11.8 Å². The van der Waals surface area contributed by atoms with Gasteiger partial charge in [0.05, 0.1) is 12.7 Å². The zero-order valence-electron chi connectivity index (χ0n) is 6.67. The van der Waals surface area contributed by atoms with Gasteiger partial charge in [0.25, 0.3) is 0 Å². The van der Waals surface area contributed by atoms with Crippen molar-refractivity contribution in [1.82, 2.24) is 0 Å².